The van der Waals surface area contributed by atoms with E-state index in [2.05, 4.69) is 15.8 Å². The third-order valence-corrected chi connectivity index (χ3v) is 3.45. The molecule has 1 aromatic heterocycles. The average Bonchev–Trinajstić information content (AvgIpc) is 2.90. The molecule has 0 bridgehead atoms. The maximum absolute atomic E-state index is 12.1. The number of carbonyl (C=O) groups excluding carboxylic acids is 1. The van der Waals surface area contributed by atoms with Crippen molar-refractivity contribution in [1.29, 1.82) is 0 Å². The van der Waals surface area contributed by atoms with Gasteiger partial charge in [0.05, 0.1) is 12.2 Å². The molecule has 20 heavy (non-hydrogen) atoms. The molecular formula is C15H17N3O2. The van der Waals surface area contributed by atoms with Crippen molar-refractivity contribution in [1.82, 2.24) is 15.8 Å². The number of nitrogens with zero attached hydrogens (tertiary/aromatic N) is 1. The summed E-state index contributed by atoms with van der Waals surface area (Å²) in [4.78, 5) is 12.1. The minimum atomic E-state index is -0.0903. The van der Waals surface area contributed by atoms with E-state index in [0.717, 1.165) is 25.2 Å². The topological polar surface area (TPSA) is 67.2 Å². The summed E-state index contributed by atoms with van der Waals surface area (Å²) in [6, 6.07) is 7.70. The average molecular weight is 271 g/mol. The molecule has 0 aliphatic carbocycles. The molecule has 2 N–H and O–H groups in total. The lowest BCUT2D eigenvalue weighted by Crippen LogP contribution is -2.26. The fourth-order valence-corrected chi connectivity index (χ4v) is 2.39. The molecule has 2 aromatic rings. The standard InChI is InChI=1S/C15H17N3O2/c1-10-6-14(20-18-10)9-17-15(19)12-3-2-11-4-5-16-8-13(11)7-12/h2-3,6-7,16H,4-5,8-9H2,1H3,(H,17,19). The Morgan fingerprint density at radius 1 is 1.40 bits per heavy atom. The van der Waals surface area contributed by atoms with Gasteiger partial charge in [-0.25, -0.2) is 0 Å². The molecule has 0 saturated heterocycles. The number of rotatable bonds is 3. The second-order valence-corrected chi connectivity index (χ2v) is 5.03. The van der Waals surface area contributed by atoms with Gasteiger partial charge in [-0.05, 0) is 43.1 Å². The van der Waals surface area contributed by atoms with Crippen molar-refractivity contribution >= 4 is 5.91 Å². The maximum Gasteiger partial charge on any atom is 0.251 e. The number of benzene rings is 1. The van der Waals surface area contributed by atoms with Crippen LogP contribution in [0.4, 0.5) is 0 Å². The molecule has 1 aliphatic rings. The van der Waals surface area contributed by atoms with Gasteiger partial charge in [0.25, 0.3) is 5.91 Å². The molecule has 0 radical (unpaired) electrons. The first kappa shape index (κ1) is 12.9. The first-order valence-electron chi connectivity index (χ1n) is 6.75. The lowest BCUT2D eigenvalue weighted by Gasteiger charge is -2.17. The highest BCUT2D eigenvalue weighted by atomic mass is 16.5. The van der Waals surface area contributed by atoms with Gasteiger partial charge in [0.1, 0.15) is 0 Å². The second kappa shape index (κ2) is 5.46. The third kappa shape index (κ3) is 2.72. The highest BCUT2D eigenvalue weighted by molar-refractivity contribution is 5.94. The van der Waals surface area contributed by atoms with Gasteiger partial charge in [-0.15, -0.1) is 0 Å². The Bertz CT molecular complexity index is 634. The van der Waals surface area contributed by atoms with E-state index in [1.165, 1.54) is 11.1 Å². The zero-order valence-corrected chi connectivity index (χ0v) is 11.4. The SMILES string of the molecule is Cc1cc(CNC(=O)c2ccc3c(c2)CNCC3)on1. The smallest absolute Gasteiger partial charge is 0.251 e. The van der Waals surface area contributed by atoms with Crippen molar-refractivity contribution in [2.45, 2.75) is 26.4 Å². The van der Waals surface area contributed by atoms with Crippen LogP contribution >= 0.6 is 0 Å². The van der Waals surface area contributed by atoms with Crippen molar-refractivity contribution in [3.63, 3.8) is 0 Å². The van der Waals surface area contributed by atoms with E-state index in [9.17, 15) is 4.79 Å². The number of aromatic nitrogens is 1. The lowest BCUT2D eigenvalue weighted by atomic mass is 9.98. The molecule has 5 nitrogen and oxygen atoms in total. The van der Waals surface area contributed by atoms with Crippen LogP contribution in [-0.2, 0) is 19.5 Å². The Balaban J connectivity index is 1.67. The summed E-state index contributed by atoms with van der Waals surface area (Å²) in [6.45, 7) is 4.04. The molecule has 104 valence electrons. The van der Waals surface area contributed by atoms with Crippen LogP contribution in [0.15, 0.2) is 28.8 Å². The highest BCUT2D eigenvalue weighted by Crippen LogP contribution is 2.16. The molecule has 3 rings (SSSR count). The quantitative estimate of drug-likeness (QED) is 0.889. The third-order valence-electron chi connectivity index (χ3n) is 3.45. The van der Waals surface area contributed by atoms with E-state index < -0.39 is 0 Å². The van der Waals surface area contributed by atoms with E-state index in [0.29, 0.717) is 17.9 Å². The molecule has 0 atom stereocenters. The molecule has 0 unspecified atom stereocenters. The van der Waals surface area contributed by atoms with Gasteiger partial charge in [0.15, 0.2) is 5.76 Å². The normalized spacial score (nSPS) is 13.8. The molecule has 0 fully saturated rings. The first-order valence-corrected chi connectivity index (χ1v) is 6.75. The Kier molecular flexibility index (Phi) is 3.52. The summed E-state index contributed by atoms with van der Waals surface area (Å²) < 4.78 is 5.07. The first-order chi connectivity index (χ1) is 9.72. The zero-order valence-electron chi connectivity index (χ0n) is 11.4. The van der Waals surface area contributed by atoms with Crippen molar-refractivity contribution in [2.75, 3.05) is 6.54 Å². The highest BCUT2D eigenvalue weighted by Gasteiger charge is 2.12. The minimum Gasteiger partial charge on any atom is -0.359 e. The zero-order chi connectivity index (χ0) is 13.9. The lowest BCUT2D eigenvalue weighted by molar-refractivity contribution is 0.0947. The molecule has 0 spiro atoms. The number of amides is 1. The summed E-state index contributed by atoms with van der Waals surface area (Å²) in [6.07, 6.45) is 1.02. The molecule has 5 heteroatoms. The molecular weight excluding hydrogens is 254 g/mol. The summed E-state index contributed by atoms with van der Waals surface area (Å²) >= 11 is 0. The number of aryl methyl sites for hydroxylation is 1. The van der Waals surface area contributed by atoms with Crippen LogP contribution in [0.3, 0.4) is 0 Å². The molecule has 1 amide bonds. The van der Waals surface area contributed by atoms with Crippen molar-refractivity contribution in [3.8, 4) is 0 Å². The van der Waals surface area contributed by atoms with Crippen LogP contribution in [0.2, 0.25) is 0 Å². The fourth-order valence-electron chi connectivity index (χ4n) is 2.39. The molecule has 1 aromatic carbocycles. The number of hydrogen-bond acceptors (Lipinski definition) is 4. The predicted molar refractivity (Wildman–Crippen MR) is 74.3 cm³/mol. The molecule has 0 saturated carbocycles. The van der Waals surface area contributed by atoms with Gasteiger partial charge in [-0.1, -0.05) is 11.2 Å². The number of carbonyl (C=O) groups is 1. The van der Waals surface area contributed by atoms with Crippen LogP contribution in [0, 0.1) is 6.92 Å². The molecule has 1 aliphatic heterocycles. The van der Waals surface area contributed by atoms with E-state index >= 15 is 0 Å². The van der Waals surface area contributed by atoms with Crippen molar-refractivity contribution in [2.24, 2.45) is 0 Å². The van der Waals surface area contributed by atoms with Crippen molar-refractivity contribution in [3.05, 3.63) is 52.4 Å². The van der Waals surface area contributed by atoms with Crippen LogP contribution < -0.4 is 10.6 Å². The summed E-state index contributed by atoms with van der Waals surface area (Å²) in [5.41, 5.74) is 4.03. The van der Waals surface area contributed by atoms with Gasteiger partial charge in [0, 0.05) is 18.2 Å². The van der Waals surface area contributed by atoms with Gasteiger partial charge < -0.3 is 15.2 Å². The van der Waals surface area contributed by atoms with Gasteiger partial charge in [-0.2, -0.15) is 0 Å². The summed E-state index contributed by atoms with van der Waals surface area (Å²) in [7, 11) is 0. The van der Waals surface area contributed by atoms with Crippen LogP contribution in [0.25, 0.3) is 0 Å². The fraction of sp³-hybridized carbons (Fsp3) is 0.333. The summed E-state index contributed by atoms with van der Waals surface area (Å²) in [5, 5.41) is 9.95. The van der Waals surface area contributed by atoms with Crippen LogP contribution in [0.5, 0.6) is 0 Å². The number of fused-ring (bicyclic) bond motifs is 1. The maximum atomic E-state index is 12.1. The second-order valence-electron chi connectivity index (χ2n) is 5.03. The van der Waals surface area contributed by atoms with E-state index in [-0.39, 0.29) is 5.91 Å². The monoisotopic (exact) mass is 271 g/mol. The van der Waals surface area contributed by atoms with E-state index in [1.807, 2.05) is 31.2 Å². The molecule has 2 heterocycles. The van der Waals surface area contributed by atoms with Gasteiger partial charge >= 0.3 is 0 Å². The Morgan fingerprint density at radius 3 is 3.10 bits per heavy atom. The van der Waals surface area contributed by atoms with E-state index in [1.54, 1.807) is 0 Å². The van der Waals surface area contributed by atoms with Gasteiger partial charge in [0.2, 0.25) is 0 Å². The van der Waals surface area contributed by atoms with Crippen LogP contribution in [-0.4, -0.2) is 17.6 Å². The Labute approximate surface area is 117 Å². The summed E-state index contributed by atoms with van der Waals surface area (Å²) in [5.74, 6) is 0.572. The van der Waals surface area contributed by atoms with Crippen LogP contribution in [0.1, 0.15) is 32.9 Å². The Hall–Kier alpha value is -2.14. The predicted octanol–water partition coefficient (Wildman–Crippen LogP) is 1.56. The number of nitrogens with one attached hydrogen (secondary N) is 2. The van der Waals surface area contributed by atoms with Crippen molar-refractivity contribution < 1.29 is 9.32 Å². The van der Waals surface area contributed by atoms with E-state index in [4.69, 9.17) is 4.52 Å². The number of hydrogen-bond donors (Lipinski definition) is 2. The Morgan fingerprint density at radius 2 is 2.30 bits per heavy atom. The minimum absolute atomic E-state index is 0.0903. The largest absolute Gasteiger partial charge is 0.359 e. The van der Waals surface area contributed by atoms with Gasteiger partial charge in [-0.3, -0.25) is 4.79 Å².